The fourth-order valence-electron chi connectivity index (χ4n) is 2.76. The van der Waals surface area contributed by atoms with Crippen LogP contribution >= 0.6 is 0 Å². The smallest absolute Gasteiger partial charge is 0.337 e. The van der Waals surface area contributed by atoms with Gasteiger partial charge in [-0.1, -0.05) is 18.2 Å². The van der Waals surface area contributed by atoms with Crippen molar-refractivity contribution >= 4 is 29.2 Å². The van der Waals surface area contributed by atoms with Crippen molar-refractivity contribution < 1.29 is 23.9 Å². The van der Waals surface area contributed by atoms with Crippen LogP contribution in [0, 0.1) is 5.41 Å². The first-order valence-corrected chi connectivity index (χ1v) is 8.44. The van der Waals surface area contributed by atoms with Crippen molar-refractivity contribution in [3.8, 4) is 5.75 Å². The Morgan fingerprint density at radius 1 is 0.926 bits per heavy atom. The highest BCUT2D eigenvalue weighted by atomic mass is 16.5. The minimum absolute atomic E-state index is 0.318. The van der Waals surface area contributed by atoms with Gasteiger partial charge in [-0.15, -0.1) is 0 Å². The molecule has 27 heavy (non-hydrogen) atoms. The minimum Gasteiger partial charge on any atom is -0.495 e. The molecule has 1 aliphatic carbocycles. The third-order valence-electron chi connectivity index (χ3n) is 4.52. The number of hydrogen-bond acceptors (Lipinski definition) is 5. The average molecular weight is 368 g/mol. The van der Waals surface area contributed by atoms with Gasteiger partial charge < -0.3 is 20.1 Å². The van der Waals surface area contributed by atoms with E-state index in [0.29, 0.717) is 35.5 Å². The van der Waals surface area contributed by atoms with Crippen LogP contribution in [0.3, 0.4) is 0 Å². The van der Waals surface area contributed by atoms with Gasteiger partial charge in [-0.3, -0.25) is 9.59 Å². The molecule has 1 saturated carbocycles. The first-order valence-electron chi connectivity index (χ1n) is 8.44. The number of ether oxygens (including phenoxy) is 2. The first kappa shape index (κ1) is 18.4. The third kappa shape index (κ3) is 3.76. The number of anilines is 2. The summed E-state index contributed by atoms with van der Waals surface area (Å²) in [5.74, 6) is -0.764. The molecule has 2 aromatic rings. The van der Waals surface area contributed by atoms with Crippen molar-refractivity contribution in [3.05, 3.63) is 54.1 Å². The van der Waals surface area contributed by atoms with E-state index in [1.807, 2.05) is 0 Å². The van der Waals surface area contributed by atoms with Crippen LogP contribution in [0.4, 0.5) is 11.4 Å². The predicted molar refractivity (Wildman–Crippen MR) is 99.7 cm³/mol. The van der Waals surface area contributed by atoms with E-state index in [4.69, 9.17) is 4.74 Å². The van der Waals surface area contributed by atoms with E-state index in [2.05, 4.69) is 15.4 Å². The second-order valence-corrected chi connectivity index (χ2v) is 6.26. The van der Waals surface area contributed by atoms with Crippen LogP contribution in [0.25, 0.3) is 0 Å². The van der Waals surface area contributed by atoms with Gasteiger partial charge in [-0.05, 0) is 43.2 Å². The van der Waals surface area contributed by atoms with Crippen LogP contribution in [0.2, 0.25) is 0 Å². The monoisotopic (exact) mass is 368 g/mol. The number of amides is 2. The van der Waals surface area contributed by atoms with E-state index in [-0.39, 0.29) is 5.91 Å². The molecular weight excluding hydrogens is 348 g/mol. The number of para-hydroxylation sites is 2. The van der Waals surface area contributed by atoms with Gasteiger partial charge in [0, 0.05) is 5.69 Å². The number of benzene rings is 2. The quantitative estimate of drug-likeness (QED) is 0.604. The molecule has 1 aliphatic rings. The molecule has 2 N–H and O–H groups in total. The lowest BCUT2D eigenvalue weighted by Crippen LogP contribution is -2.35. The van der Waals surface area contributed by atoms with Crippen molar-refractivity contribution in [3.63, 3.8) is 0 Å². The highest BCUT2D eigenvalue weighted by Crippen LogP contribution is 2.48. The molecule has 0 aliphatic heterocycles. The molecule has 3 rings (SSSR count). The molecule has 0 aromatic heterocycles. The van der Waals surface area contributed by atoms with Crippen LogP contribution in [0.15, 0.2) is 48.5 Å². The summed E-state index contributed by atoms with van der Waals surface area (Å²) in [5.41, 5.74) is 0.136. The van der Waals surface area contributed by atoms with Gasteiger partial charge in [0.15, 0.2) is 0 Å². The highest BCUT2D eigenvalue weighted by Gasteiger charge is 2.56. The summed E-state index contributed by atoms with van der Waals surface area (Å²) in [6, 6.07) is 13.4. The highest BCUT2D eigenvalue weighted by molar-refractivity contribution is 6.17. The van der Waals surface area contributed by atoms with E-state index in [1.165, 1.54) is 20.3 Å². The normalized spacial score (nSPS) is 14.0. The minimum atomic E-state index is -1.12. The Balaban J connectivity index is 1.73. The van der Waals surface area contributed by atoms with E-state index in [1.54, 1.807) is 42.5 Å². The Kier molecular flexibility index (Phi) is 5.12. The predicted octanol–water partition coefficient (Wildman–Crippen LogP) is 2.84. The zero-order chi connectivity index (χ0) is 19.4. The maximum atomic E-state index is 12.7. The molecule has 0 unspecified atom stereocenters. The van der Waals surface area contributed by atoms with Gasteiger partial charge in [-0.2, -0.15) is 0 Å². The second kappa shape index (κ2) is 7.49. The lowest BCUT2D eigenvalue weighted by molar-refractivity contribution is -0.131. The molecule has 2 amide bonds. The topological polar surface area (TPSA) is 93.7 Å². The number of hydrogen-bond donors (Lipinski definition) is 2. The van der Waals surface area contributed by atoms with Crippen LogP contribution in [-0.2, 0) is 14.3 Å². The Labute approximate surface area is 156 Å². The summed E-state index contributed by atoms with van der Waals surface area (Å²) in [7, 11) is 2.80. The van der Waals surface area contributed by atoms with E-state index in [0.717, 1.165) is 0 Å². The van der Waals surface area contributed by atoms with E-state index in [9.17, 15) is 14.4 Å². The van der Waals surface area contributed by atoms with Crippen molar-refractivity contribution in [1.82, 2.24) is 0 Å². The van der Waals surface area contributed by atoms with Crippen LogP contribution in [0.1, 0.15) is 23.2 Å². The molecule has 7 heteroatoms. The lowest BCUT2D eigenvalue weighted by atomic mass is 10.0. The maximum Gasteiger partial charge on any atom is 0.337 e. The molecule has 1 fully saturated rings. The Bertz CT molecular complexity index is 889. The van der Waals surface area contributed by atoms with Gasteiger partial charge in [0.2, 0.25) is 11.8 Å². The summed E-state index contributed by atoms with van der Waals surface area (Å²) < 4.78 is 9.90. The van der Waals surface area contributed by atoms with E-state index >= 15 is 0 Å². The van der Waals surface area contributed by atoms with Gasteiger partial charge >= 0.3 is 5.97 Å². The number of carbonyl (C=O) groups is 3. The largest absolute Gasteiger partial charge is 0.495 e. The number of nitrogens with one attached hydrogen (secondary N) is 2. The van der Waals surface area contributed by atoms with Crippen molar-refractivity contribution in [2.45, 2.75) is 12.8 Å². The molecule has 0 heterocycles. The van der Waals surface area contributed by atoms with Crippen LogP contribution in [0.5, 0.6) is 5.75 Å². The molecule has 0 saturated heterocycles. The average Bonchev–Trinajstić information content (AvgIpc) is 3.50. The maximum absolute atomic E-state index is 12.7. The second-order valence-electron chi connectivity index (χ2n) is 6.26. The number of rotatable bonds is 6. The fraction of sp³-hybridized carbons (Fsp3) is 0.250. The fourth-order valence-corrected chi connectivity index (χ4v) is 2.76. The van der Waals surface area contributed by atoms with Crippen molar-refractivity contribution in [2.24, 2.45) is 5.41 Å². The van der Waals surface area contributed by atoms with Gasteiger partial charge in [0.05, 0.1) is 25.5 Å². The summed E-state index contributed by atoms with van der Waals surface area (Å²) in [4.78, 5) is 37.1. The molecule has 2 aromatic carbocycles. The summed E-state index contributed by atoms with van der Waals surface area (Å²) >= 11 is 0. The SMILES string of the molecule is COC(=O)c1cccc(NC(=O)C2(C(=O)Nc3ccccc3OC)CC2)c1. The summed E-state index contributed by atoms with van der Waals surface area (Å²) in [6.07, 6.45) is 0.910. The lowest BCUT2D eigenvalue weighted by Gasteiger charge is -2.17. The van der Waals surface area contributed by atoms with Crippen LogP contribution in [-0.4, -0.2) is 32.0 Å². The molecule has 0 spiro atoms. The van der Waals surface area contributed by atoms with Crippen LogP contribution < -0.4 is 15.4 Å². The third-order valence-corrected chi connectivity index (χ3v) is 4.52. The number of methoxy groups -OCH3 is 2. The number of esters is 1. The van der Waals surface area contributed by atoms with Gasteiger partial charge in [-0.25, -0.2) is 4.79 Å². The first-order chi connectivity index (χ1) is 13.0. The zero-order valence-electron chi connectivity index (χ0n) is 15.1. The van der Waals surface area contributed by atoms with Gasteiger partial charge in [0.1, 0.15) is 11.2 Å². The Morgan fingerprint density at radius 2 is 1.63 bits per heavy atom. The Morgan fingerprint density at radius 3 is 2.30 bits per heavy atom. The summed E-state index contributed by atoms with van der Waals surface area (Å²) in [6.45, 7) is 0. The standard InChI is InChI=1S/C20H20N2O5/c1-26-16-9-4-3-8-15(16)22-19(25)20(10-11-20)18(24)21-14-7-5-6-13(12-14)17(23)27-2/h3-9,12H,10-11H2,1-2H3,(H,21,24)(H,22,25). The molecular formula is C20H20N2O5. The van der Waals surface area contributed by atoms with Crippen molar-refractivity contribution in [2.75, 3.05) is 24.9 Å². The zero-order valence-corrected chi connectivity index (χ0v) is 15.1. The molecule has 0 atom stereocenters. The van der Waals surface area contributed by atoms with E-state index < -0.39 is 17.3 Å². The molecule has 140 valence electrons. The van der Waals surface area contributed by atoms with Crippen molar-refractivity contribution in [1.29, 1.82) is 0 Å². The van der Waals surface area contributed by atoms with Gasteiger partial charge in [0.25, 0.3) is 0 Å². The Hall–Kier alpha value is -3.35. The molecule has 7 nitrogen and oxygen atoms in total. The summed E-state index contributed by atoms with van der Waals surface area (Å²) in [5, 5.41) is 5.49. The molecule has 0 radical (unpaired) electrons. The number of carbonyl (C=O) groups excluding carboxylic acids is 3. The molecule has 0 bridgehead atoms.